The number of anilines is 1. The number of aryl methyl sites for hydroxylation is 1. The maximum absolute atomic E-state index is 11.9. The van der Waals surface area contributed by atoms with Crippen LogP contribution in [0.5, 0.6) is 0 Å². The standard InChI is InChI=1S/C13H17ClN2O/c1-9-3-2-4-11(14)13(9)16-12(17)7-10-5-6-15-8-10/h2-4,10,15H,5-8H2,1H3,(H,16,17). The zero-order valence-corrected chi connectivity index (χ0v) is 10.7. The third kappa shape index (κ3) is 3.20. The predicted molar refractivity (Wildman–Crippen MR) is 70.4 cm³/mol. The van der Waals surface area contributed by atoms with Crippen LogP contribution in [0.1, 0.15) is 18.4 Å². The second-order valence-electron chi connectivity index (χ2n) is 4.54. The van der Waals surface area contributed by atoms with Crippen LogP contribution < -0.4 is 10.6 Å². The van der Waals surface area contributed by atoms with Crippen molar-refractivity contribution in [1.29, 1.82) is 0 Å². The summed E-state index contributed by atoms with van der Waals surface area (Å²) in [6, 6.07) is 5.62. The minimum absolute atomic E-state index is 0.0508. The van der Waals surface area contributed by atoms with E-state index in [2.05, 4.69) is 10.6 Å². The van der Waals surface area contributed by atoms with Crippen LogP contribution in [0.15, 0.2) is 18.2 Å². The number of para-hydroxylation sites is 1. The predicted octanol–water partition coefficient (Wildman–Crippen LogP) is 2.59. The number of rotatable bonds is 3. The lowest BCUT2D eigenvalue weighted by molar-refractivity contribution is -0.116. The average Bonchev–Trinajstić information content (AvgIpc) is 2.76. The molecule has 92 valence electrons. The van der Waals surface area contributed by atoms with Gasteiger partial charge in [0.1, 0.15) is 0 Å². The first-order valence-corrected chi connectivity index (χ1v) is 6.30. The maximum Gasteiger partial charge on any atom is 0.224 e. The van der Waals surface area contributed by atoms with Crippen molar-refractivity contribution in [3.05, 3.63) is 28.8 Å². The molecular weight excluding hydrogens is 236 g/mol. The van der Waals surface area contributed by atoms with E-state index in [1.807, 2.05) is 19.1 Å². The van der Waals surface area contributed by atoms with Crippen LogP contribution in [0.3, 0.4) is 0 Å². The van der Waals surface area contributed by atoms with Gasteiger partial charge in [0, 0.05) is 6.42 Å². The van der Waals surface area contributed by atoms with Crippen molar-refractivity contribution in [2.75, 3.05) is 18.4 Å². The van der Waals surface area contributed by atoms with Crippen molar-refractivity contribution in [1.82, 2.24) is 5.32 Å². The molecular formula is C13H17ClN2O. The Bertz CT molecular complexity index is 394. The van der Waals surface area contributed by atoms with Crippen molar-refractivity contribution in [2.24, 2.45) is 5.92 Å². The second-order valence-corrected chi connectivity index (χ2v) is 4.95. The maximum atomic E-state index is 11.9. The summed E-state index contributed by atoms with van der Waals surface area (Å²) < 4.78 is 0. The van der Waals surface area contributed by atoms with E-state index >= 15 is 0 Å². The molecule has 1 aromatic carbocycles. The third-order valence-electron chi connectivity index (χ3n) is 3.12. The van der Waals surface area contributed by atoms with Crippen LogP contribution in [0.2, 0.25) is 5.02 Å². The minimum Gasteiger partial charge on any atom is -0.325 e. The Labute approximate surface area is 107 Å². The molecule has 1 amide bonds. The van der Waals surface area contributed by atoms with Crippen molar-refractivity contribution < 1.29 is 4.79 Å². The molecule has 1 aliphatic heterocycles. The molecule has 3 nitrogen and oxygen atoms in total. The Morgan fingerprint density at radius 3 is 3.06 bits per heavy atom. The highest BCUT2D eigenvalue weighted by Crippen LogP contribution is 2.25. The van der Waals surface area contributed by atoms with Gasteiger partial charge < -0.3 is 10.6 Å². The number of nitrogens with one attached hydrogen (secondary N) is 2. The van der Waals surface area contributed by atoms with E-state index in [0.29, 0.717) is 17.4 Å². The minimum atomic E-state index is 0.0508. The molecule has 1 fully saturated rings. The number of halogens is 1. The van der Waals surface area contributed by atoms with Crippen molar-refractivity contribution in [3.63, 3.8) is 0 Å². The summed E-state index contributed by atoms with van der Waals surface area (Å²) >= 11 is 6.06. The summed E-state index contributed by atoms with van der Waals surface area (Å²) in [5.74, 6) is 0.507. The fourth-order valence-electron chi connectivity index (χ4n) is 2.13. The molecule has 0 bridgehead atoms. The Balaban J connectivity index is 1.97. The van der Waals surface area contributed by atoms with Gasteiger partial charge in [-0.1, -0.05) is 23.7 Å². The van der Waals surface area contributed by atoms with Crippen LogP contribution in [0.25, 0.3) is 0 Å². The first-order valence-electron chi connectivity index (χ1n) is 5.92. The first kappa shape index (κ1) is 12.4. The Morgan fingerprint density at radius 2 is 2.41 bits per heavy atom. The summed E-state index contributed by atoms with van der Waals surface area (Å²) in [4.78, 5) is 11.9. The Morgan fingerprint density at radius 1 is 1.59 bits per heavy atom. The van der Waals surface area contributed by atoms with E-state index in [1.54, 1.807) is 6.07 Å². The topological polar surface area (TPSA) is 41.1 Å². The molecule has 0 radical (unpaired) electrons. The van der Waals surface area contributed by atoms with Crippen molar-refractivity contribution in [2.45, 2.75) is 19.8 Å². The zero-order valence-electron chi connectivity index (χ0n) is 9.92. The molecule has 0 saturated carbocycles. The number of amides is 1. The lowest BCUT2D eigenvalue weighted by Gasteiger charge is -2.12. The lowest BCUT2D eigenvalue weighted by atomic mass is 10.0. The van der Waals surface area contributed by atoms with Gasteiger partial charge in [0.2, 0.25) is 5.91 Å². The SMILES string of the molecule is Cc1cccc(Cl)c1NC(=O)CC1CCNC1. The van der Waals surface area contributed by atoms with Crippen LogP contribution >= 0.6 is 11.6 Å². The van der Waals surface area contributed by atoms with Crippen LogP contribution in [-0.2, 0) is 4.79 Å². The molecule has 17 heavy (non-hydrogen) atoms. The number of carbonyl (C=O) groups is 1. The summed E-state index contributed by atoms with van der Waals surface area (Å²) in [5.41, 5.74) is 1.74. The van der Waals surface area contributed by atoms with E-state index < -0.39 is 0 Å². The third-order valence-corrected chi connectivity index (χ3v) is 3.44. The van der Waals surface area contributed by atoms with Gasteiger partial charge in [0.25, 0.3) is 0 Å². The monoisotopic (exact) mass is 252 g/mol. The van der Waals surface area contributed by atoms with Gasteiger partial charge in [0.05, 0.1) is 10.7 Å². The molecule has 4 heteroatoms. The number of benzene rings is 1. The highest BCUT2D eigenvalue weighted by molar-refractivity contribution is 6.33. The zero-order chi connectivity index (χ0) is 12.3. The lowest BCUT2D eigenvalue weighted by Crippen LogP contribution is -2.18. The summed E-state index contributed by atoms with van der Waals surface area (Å²) in [6.07, 6.45) is 1.65. The Kier molecular flexibility index (Phi) is 4.02. The van der Waals surface area contributed by atoms with Gasteiger partial charge in [0.15, 0.2) is 0 Å². The quantitative estimate of drug-likeness (QED) is 0.868. The number of hydrogen-bond donors (Lipinski definition) is 2. The van der Waals surface area contributed by atoms with Gasteiger partial charge in [-0.15, -0.1) is 0 Å². The normalized spacial score (nSPS) is 19.3. The summed E-state index contributed by atoms with van der Waals surface area (Å²) in [7, 11) is 0. The molecule has 2 N–H and O–H groups in total. The average molecular weight is 253 g/mol. The van der Waals surface area contributed by atoms with Gasteiger partial charge in [-0.25, -0.2) is 0 Å². The summed E-state index contributed by atoms with van der Waals surface area (Å²) in [6.45, 7) is 3.90. The van der Waals surface area contributed by atoms with Crippen LogP contribution in [0, 0.1) is 12.8 Å². The molecule has 0 aromatic heterocycles. The van der Waals surface area contributed by atoms with Crippen molar-refractivity contribution in [3.8, 4) is 0 Å². The molecule has 0 spiro atoms. The molecule has 0 aliphatic carbocycles. The molecule has 1 atom stereocenters. The van der Waals surface area contributed by atoms with Gasteiger partial charge in [-0.2, -0.15) is 0 Å². The molecule has 2 rings (SSSR count). The fraction of sp³-hybridized carbons (Fsp3) is 0.462. The molecule has 1 aliphatic rings. The first-order chi connectivity index (χ1) is 8.16. The van der Waals surface area contributed by atoms with Crippen molar-refractivity contribution >= 4 is 23.2 Å². The molecule has 1 heterocycles. The smallest absolute Gasteiger partial charge is 0.224 e. The van der Waals surface area contributed by atoms with E-state index in [4.69, 9.17) is 11.6 Å². The second kappa shape index (κ2) is 5.52. The van der Waals surface area contributed by atoms with Gasteiger partial charge in [-0.05, 0) is 44.0 Å². The molecule has 1 saturated heterocycles. The van der Waals surface area contributed by atoms with E-state index in [-0.39, 0.29) is 5.91 Å². The highest BCUT2D eigenvalue weighted by atomic mass is 35.5. The van der Waals surface area contributed by atoms with E-state index in [9.17, 15) is 4.79 Å². The molecule has 1 unspecified atom stereocenters. The van der Waals surface area contributed by atoms with Crippen LogP contribution in [-0.4, -0.2) is 19.0 Å². The fourth-order valence-corrected chi connectivity index (χ4v) is 2.40. The van der Waals surface area contributed by atoms with E-state index in [1.165, 1.54) is 0 Å². The highest BCUT2D eigenvalue weighted by Gasteiger charge is 2.18. The number of carbonyl (C=O) groups excluding carboxylic acids is 1. The van der Waals surface area contributed by atoms with Crippen LogP contribution in [0.4, 0.5) is 5.69 Å². The Hall–Kier alpha value is -1.06. The van der Waals surface area contributed by atoms with Gasteiger partial charge in [-0.3, -0.25) is 4.79 Å². The van der Waals surface area contributed by atoms with Gasteiger partial charge >= 0.3 is 0 Å². The molecule has 1 aromatic rings. The summed E-state index contributed by atoms with van der Waals surface area (Å²) in [5, 5.41) is 6.76. The van der Waals surface area contributed by atoms with E-state index in [0.717, 1.165) is 30.8 Å². The number of hydrogen-bond acceptors (Lipinski definition) is 2. The largest absolute Gasteiger partial charge is 0.325 e.